The van der Waals surface area contributed by atoms with Crippen molar-refractivity contribution in [3.8, 4) is 11.8 Å². The number of rotatable bonds is 9. The van der Waals surface area contributed by atoms with Gasteiger partial charge in [-0.25, -0.2) is 22.0 Å². The van der Waals surface area contributed by atoms with Crippen LogP contribution in [0.2, 0.25) is 0 Å². The molecular formula is C39H51F2N5O9S. The Kier molecular flexibility index (Phi) is 11.1. The van der Waals surface area contributed by atoms with Gasteiger partial charge in [0.25, 0.3) is 11.8 Å². The van der Waals surface area contributed by atoms with Crippen LogP contribution in [-0.2, 0) is 24.4 Å². The number of halogens is 2. The zero-order valence-electron chi connectivity index (χ0n) is 32.5. The van der Waals surface area contributed by atoms with Crippen molar-refractivity contribution >= 4 is 44.6 Å². The van der Waals surface area contributed by atoms with E-state index in [1.165, 1.54) is 7.11 Å². The highest BCUT2D eigenvalue weighted by atomic mass is 32.2. The van der Waals surface area contributed by atoms with Crippen molar-refractivity contribution in [3.63, 3.8) is 0 Å². The molecule has 0 unspecified atom stereocenters. The third kappa shape index (κ3) is 8.00. The Morgan fingerprint density at radius 1 is 1.11 bits per heavy atom. The van der Waals surface area contributed by atoms with Crippen molar-refractivity contribution < 1.29 is 51.0 Å². The van der Waals surface area contributed by atoms with E-state index >= 15 is 13.6 Å². The van der Waals surface area contributed by atoms with Crippen molar-refractivity contribution in [2.75, 3.05) is 13.7 Å². The predicted molar refractivity (Wildman–Crippen MR) is 202 cm³/mol. The van der Waals surface area contributed by atoms with Crippen molar-refractivity contribution in [3.05, 3.63) is 42.5 Å². The number of nitrogens with one attached hydrogen (secondary N) is 2. The average molecular weight is 804 g/mol. The Morgan fingerprint density at radius 2 is 1.80 bits per heavy atom. The molecule has 2 saturated carbocycles. The topological polar surface area (TPSA) is 185 Å². The van der Waals surface area contributed by atoms with Gasteiger partial charge in [0.1, 0.15) is 29.3 Å². The minimum absolute atomic E-state index is 0.0930. The molecule has 2 aliphatic heterocycles. The van der Waals surface area contributed by atoms with Gasteiger partial charge in [0.2, 0.25) is 33.6 Å². The van der Waals surface area contributed by atoms with Crippen molar-refractivity contribution in [1.82, 2.24) is 24.8 Å². The molecule has 4 amide bonds. The zero-order valence-corrected chi connectivity index (χ0v) is 33.3. The third-order valence-corrected chi connectivity index (χ3v) is 13.7. The smallest absolute Gasteiger partial charge is 0.408 e. The van der Waals surface area contributed by atoms with Crippen molar-refractivity contribution in [2.24, 2.45) is 17.8 Å². The number of fused-ring (bicyclic) bond motifs is 3. The molecule has 14 nitrogen and oxygen atoms in total. The van der Waals surface area contributed by atoms with E-state index in [9.17, 15) is 27.9 Å². The van der Waals surface area contributed by atoms with Gasteiger partial charge in [-0.05, 0) is 75.7 Å². The number of hydrogen-bond acceptors (Lipinski definition) is 9. The van der Waals surface area contributed by atoms with Crippen LogP contribution in [0.4, 0.5) is 13.6 Å². The number of amides is 4. The van der Waals surface area contributed by atoms with Gasteiger partial charge in [-0.3, -0.25) is 24.0 Å². The van der Waals surface area contributed by atoms with Crippen LogP contribution >= 0.6 is 0 Å². The summed E-state index contributed by atoms with van der Waals surface area (Å²) in [6.07, 6.45) is 3.16. The van der Waals surface area contributed by atoms with Crippen LogP contribution in [-0.4, -0.2) is 106 Å². The van der Waals surface area contributed by atoms with E-state index in [4.69, 9.17) is 9.47 Å². The second-order valence-electron chi connectivity index (χ2n) is 16.5. The van der Waals surface area contributed by atoms with E-state index in [-0.39, 0.29) is 37.1 Å². The maximum atomic E-state index is 15.3. The van der Waals surface area contributed by atoms with Crippen LogP contribution in [0, 0.1) is 17.8 Å². The van der Waals surface area contributed by atoms with Gasteiger partial charge >= 0.3 is 6.09 Å². The molecule has 2 aliphatic carbocycles. The minimum atomic E-state index is -3.99. The number of ether oxygens (including phenoxy) is 2. The summed E-state index contributed by atoms with van der Waals surface area (Å²) in [4.78, 5) is 62.6. The van der Waals surface area contributed by atoms with Crippen LogP contribution < -0.4 is 19.5 Å². The summed E-state index contributed by atoms with van der Waals surface area (Å²) in [5.74, 6) is -7.21. The number of carboxylic acid groups (broad SMARTS) is 1. The van der Waals surface area contributed by atoms with Gasteiger partial charge in [0.05, 0.1) is 18.9 Å². The van der Waals surface area contributed by atoms with E-state index < -0.39 is 86.1 Å². The standard InChI is InChI=1S/C39H51F2N5O9S/c1-22-11-7-9-13-25-20-39(25,35(49)44-56(52,53)27-15-16-27)43-32(47)29-19-26(55-33-28-14-10-8-12-24(28)18-30(42-33)54-6)21-45(29)34(48)31(23(2)17-22)46(36(50)51)37(3,4)38(5,40)41/h8-10,12-14,18,22-23,25-27,29,31H,7,11,15-17,19-21H2,1-6H3,(H,43,47)(H,44,49)(H,50,51)/b13-9-/t22-,23-,25-,26-,29+,31+,39-/m1/s1. The normalized spacial score (nSPS) is 29.5. The molecule has 0 radical (unpaired) electrons. The number of hydrogen-bond donors (Lipinski definition) is 3. The second-order valence-corrected chi connectivity index (χ2v) is 18.4. The van der Waals surface area contributed by atoms with Crippen LogP contribution in [0.5, 0.6) is 11.8 Å². The summed E-state index contributed by atoms with van der Waals surface area (Å²) in [5.41, 5.74) is -4.01. The first-order valence-corrected chi connectivity index (χ1v) is 20.6. The summed E-state index contributed by atoms with van der Waals surface area (Å²) in [6.45, 7) is 6.03. The van der Waals surface area contributed by atoms with E-state index in [1.54, 1.807) is 31.2 Å². The number of carbonyl (C=O) groups is 4. The maximum Gasteiger partial charge on any atom is 0.408 e. The molecule has 0 spiro atoms. The Labute approximate surface area is 325 Å². The largest absolute Gasteiger partial charge is 0.481 e. The highest BCUT2D eigenvalue weighted by molar-refractivity contribution is 7.91. The Balaban J connectivity index is 1.43. The number of sulfonamides is 1. The monoisotopic (exact) mass is 803 g/mol. The Bertz CT molecular complexity index is 2020. The number of methoxy groups -OCH3 is 1. The predicted octanol–water partition coefficient (Wildman–Crippen LogP) is 4.87. The van der Waals surface area contributed by atoms with Gasteiger partial charge in [0.15, 0.2) is 0 Å². The molecule has 17 heteroatoms. The lowest BCUT2D eigenvalue weighted by atomic mass is 9.84. The molecule has 1 saturated heterocycles. The van der Waals surface area contributed by atoms with Crippen LogP contribution in [0.1, 0.15) is 79.6 Å². The lowest BCUT2D eigenvalue weighted by Crippen LogP contribution is -2.66. The first kappa shape index (κ1) is 41.1. The average Bonchev–Trinajstić information content (AvgIpc) is 4.04. The fourth-order valence-electron chi connectivity index (χ4n) is 8.06. The molecule has 1 aromatic heterocycles. The highest BCUT2D eigenvalue weighted by Gasteiger charge is 2.62. The third-order valence-electron chi connectivity index (χ3n) is 11.9. The fourth-order valence-corrected chi connectivity index (χ4v) is 9.42. The summed E-state index contributed by atoms with van der Waals surface area (Å²) < 4.78 is 70.4. The van der Waals surface area contributed by atoms with Crippen molar-refractivity contribution in [1.29, 1.82) is 0 Å². The molecule has 3 heterocycles. The first-order chi connectivity index (χ1) is 26.2. The SMILES string of the molecule is COc1cc2ccccc2c(O[C@@H]2C[C@H]3C(=O)N[C@]4(C(=O)NS(=O)(=O)C5CC5)C[C@H]4/C=C\CC[C@@H](C)C[C@@H](C)[C@H](N(C(=O)O)C(C)(C)C(C)(F)F)C(=O)N3C2)n1. The summed E-state index contributed by atoms with van der Waals surface area (Å²) in [6, 6.07) is 5.89. The Morgan fingerprint density at radius 3 is 2.45 bits per heavy atom. The number of pyridine rings is 1. The van der Waals surface area contributed by atoms with Crippen LogP contribution in [0.25, 0.3) is 10.8 Å². The van der Waals surface area contributed by atoms with E-state index in [0.717, 1.165) is 24.1 Å². The lowest BCUT2D eigenvalue weighted by molar-refractivity contribution is -0.156. The quantitative estimate of drug-likeness (QED) is 0.296. The number of benzene rings is 1. The molecule has 306 valence electrons. The summed E-state index contributed by atoms with van der Waals surface area (Å²) in [7, 11) is -2.55. The molecule has 2 aromatic rings. The maximum absolute atomic E-state index is 15.3. The number of allylic oxidation sites excluding steroid dienone is 1. The number of alkyl halides is 2. The molecular weight excluding hydrogens is 753 g/mol. The molecule has 4 aliphatic rings. The molecule has 3 N–H and O–H groups in total. The van der Waals surface area contributed by atoms with Gasteiger partial charge in [0, 0.05) is 30.7 Å². The van der Waals surface area contributed by atoms with E-state index in [2.05, 4.69) is 15.0 Å². The van der Waals surface area contributed by atoms with Crippen molar-refractivity contribution in [2.45, 2.75) is 120 Å². The second kappa shape index (κ2) is 15.1. The molecule has 6 rings (SSSR count). The van der Waals surface area contributed by atoms with Gasteiger partial charge in [-0.15, -0.1) is 0 Å². The molecule has 3 fully saturated rings. The van der Waals surface area contributed by atoms with E-state index in [0.29, 0.717) is 49.3 Å². The first-order valence-electron chi connectivity index (χ1n) is 19.1. The number of nitrogens with zero attached hydrogens (tertiary/aromatic N) is 3. The van der Waals surface area contributed by atoms with Crippen LogP contribution in [0.3, 0.4) is 0 Å². The lowest BCUT2D eigenvalue weighted by Gasteiger charge is -2.47. The van der Waals surface area contributed by atoms with Gasteiger partial charge < -0.3 is 24.8 Å². The van der Waals surface area contributed by atoms with E-state index in [1.807, 2.05) is 25.1 Å². The number of aromatic nitrogens is 1. The number of carbonyl (C=O) groups excluding carboxylic acids is 3. The minimum Gasteiger partial charge on any atom is -0.481 e. The molecule has 7 atom stereocenters. The summed E-state index contributed by atoms with van der Waals surface area (Å²) in [5, 5.41) is 14.0. The summed E-state index contributed by atoms with van der Waals surface area (Å²) >= 11 is 0. The Hall–Kier alpha value is -4.54. The van der Waals surface area contributed by atoms with Gasteiger partial charge in [-0.1, -0.05) is 44.2 Å². The molecule has 1 aromatic carbocycles. The van der Waals surface area contributed by atoms with Crippen LogP contribution in [0.15, 0.2) is 42.5 Å². The van der Waals surface area contributed by atoms with Gasteiger partial charge in [-0.2, -0.15) is 4.98 Å². The highest BCUT2D eigenvalue weighted by Crippen LogP contribution is 2.47. The fraction of sp³-hybridized carbons (Fsp3) is 0.615. The molecule has 56 heavy (non-hydrogen) atoms. The molecule has 0 bridgehead atoms. The zero-order chi connectivity index (χ0) is 41.0.